The Morgan fingerprint density at radius 1 is 0.872 bits per heavy atom. The van der Waals surface area contributed by atoms with Crippen LogP contribution in [0.25, 0.3) is 0 Å². The first-order valence-corrected chi connectivity index (χ1v) is 12.7. The standard InChI is InChI=1S/C30H31BO8/c1-35-23-12-8-21(9-13-23)30(20-6-4-3-5-7-20,22-10-14-24(36-2)15-11-22)37-19-26-25(18-27(31)38-26)39-29(34)17-16-28(32)33/h3-15,25-27H,16-19H2,1-2H3,(H,32,33)/t25-,26?,27?/m1/s1. The number of esters is 1. The predicted octanol–water partition coefficient (Wildman–Crippen LogP) is 4.07. The summed E-state index contributed by atoms with van der Waals surface area (Å²) in [7, 11) is 9.28. The second kappa shape index (κ2) is 12.8. The summed E-state index contributed by atoms with van der Waals surface area (Å²) < 4.78 is 29.1. The summed E-state index contributed by atoms with van der Waals surface area (Å²) in [4.78, 5) is 23.2. The van der Waals surface area contributed by atoms with Crippen LogP contribution in [0.1, 0.15) is 36.0 Å². The Morgan fingerprint density at radius 2 is 1.41 bits per heavy atom. The van der Waals surface area contributed by atoms with Gasteiger partial charge >= 0.3 is 11.9 Å². The Morgan fingerprint density at radius 3 is 1.92 bits per heavy atom. The fourth-order valence-corrected chi connectivity index (χ4v) is 4.74. The molecule has 1 N–H and O–H groups in total. The van der Waals surface area contributed by atoms with E-state index >= 15 is 0 Å². The maximum Gasteiger partial charge on any atom is 0.306 e. The van der Waals surface area contributed by atoms with Crippen molar-refractivity contribution in [3.63, 3.8) is 0 Å². The highest BCUT2D eigenvalue weighted by Gasteiger charge is 2.42. The zero-order chi connectivity index (χ0) is 27.8. The zero-order valence-electron chi connectivity index (χ0n) is 21.9. The van der Waals surface area contributed by atoms with E-state index in [-0.39, 0.29) is 25.9 Å². The summed E-state index contributed by atoms with van der Waals surface area (Å²) in [6, 6.07) is 24.4. The van der Waals surface area contributed by atoms with E-state index in [0.29, 0.717) is 11.5 Å². The fraction of sp³-hybridized carbons (Fsp3) is 0.333. The highest BCUT2D eigenvalue weighted by atomic mass is 16.6. The highest BCUT2D eigenvalue weighted by molar-refractivity contribution is 6.11. The summed E-state index contributed by atoms with van der Waals surface area (Å²) >= 11 is 0. The van der Waals surface area contributed by atoms with E-state index in [1.165, 1.54) is 0 Å². The summed E-state index contributed by atoms with van der Waals surface area (Å²) in [5.41, 5.74) is 1.49. The Hall–Kier alpha value is -3.82. The van der Waals surface area contributed by atoms with Crippen LogP contribution in [0, 0.1) is 0 Å². The first kappa shape index (κ1) is 28.2. The third-order valence-electron chi connectivity index (χ3n) is 6.69. The third kappa shape index (κ3) is 6.61. The lowest BCUT2D eigenvalue weighted by Gasteiger charge is -2.37. The Balaban J connectivity index is 1.71. The van der Waals surface area contributed by atoms with Crippen molar-refractivity contribution in [1.82, 2.24) is 0 Å². The number of carbonyl (C=O) groups is 2. The number of carboxylic acids is 1. The van der Waals surface area contributed by atoms with Crippen molar-refractivity contribution >= 4 is 19.8 Å². The number of hydrogen-bond acceptors (Lipinski definition) is 7. The highest BCUT2D eigenvalue weighted by Crippen LogP contribution is 2.42. The molecule has 1 fully saturated rings. The Labute approximate surface area is 229 Å². The number of ether oxygens (including phenoxy) is 5. The van der Waals surface area contributed by atoms with E-state index in [1.54, 1.807) is 14.2 Å². The molecule has 1 aliphatic rings. The van der Waals surface area contributed by atoms with E-state index in [9.17, 15) is 9.59 Å². The molecule has 2 radical (unpaired) electrons. The maximum absolute atomic E-state index is 12.3. The van der Waals surface area contributed by atoms with Gasteiger partial charge in [-0.05, 0) is 41.0 Å². The number of benzene rings is 3. The topological polar surface area (TPSA) is 101 Å². The molecule has 3 aromatic carbocycles. The van der Waals surface area contributed by atoms with Crippen molar-refractivity contribution in [2.75, 3.05) is 20.8 Å². The van der Waals surface area contributed by atoms with Crippen LogP contribution in [0.15, 0.2) is 78.9 Å². The summed E-state index contributed by atoms with van der Waals surface area (Å²) in [5, 5.41) is 8.89. The van der Waals surface area contributed by atoms with Crippen LogP contribution in [0.2, 0.25) is 0 Å². The van der Waals surface area contributed by atoms with Crippen LogP contribution in [0.4, 0.5) is 0 Å². The second-order valence-corrected chi connectivity index (χ2v) is 9.19. The molecular weight excluding hydrogens is 499 g/mol. The van der Waals surface area contributed by atoms with Crippen LogP contribution in [-0.4, -0.2) is 63.9 Å². The van der Waals surface area contributed by atoms with Gasteiger partial charge in [-0.2, -0.15) is 0 Å². The van der Waals surface area contributed by atoms with Gasteiger partial charge in [0.25, 0.3) is 0 Å². The van der Waals surface area contributed by atoms with Crippen molar-refractivity contribution in [3.05, 3.63) is 95.6 Å². The van der Waals surface area contributed by atoms with Crippen molar-refractivity contribution < 1.29 is 38.4 Å². The van der Waals surface area contributed by atoms with Crippen molar-refractivity contribution in [1.29, 1.82) is 0 Å². The lowest BCUT2D eigenvalue weighted by Crippen LogP contribution is -2.39. The largest absolute Gasteiger partial charge is 0.497 e. The molecule has 1 heterocycles. The average Bonchev–Trinajstić information content (AvgIpc) is 3.31. The van der Waals surface area contributed by atoms with Gasteiger partial charge in [-0.1, -0.05) is 54.6 Å². The normalized spacial score (nSPS) is 18.9. The Kier molecular flexibility index (Phi) is 9.27. The van der Waals surface area contributed by atoms with Crippen LogP contribution in [0.5, 0.6) is 11.5 Å². The molecule has 3 atom stereocenters. The number of rotatable bonds is 12. The lowest BCUT2D eigenvalue weighted by molar-refractivity contribution is -0.157. The lowest BCUT2D eigenvalue weighted by atomic mass is 9.80. The monoisotopic (exact) mass is 530 g/mol. The molecule has 39 heavy (non-hydrogen) atoms. The van der Waals surface area contributed by atoms with Crippen LogP contribution < -0.4 is 9.47 Å². The van der Waals surface area contributed by atoms with Gasteiger partial charge in [0.1, 0.15) is 37.2 Å². The molecule has 0 aliphatic carbocycles. The second-order valence-electron chi connectivity index (χ2n) is 9.19. The summed E-state index contributed by atoms with van der Waals surface area (Å²) in [6.45, 7) is 0.0392. The molecule has 0 spiro atoms. The number of carbonyl (C=O) groups excluding carboxylic acids is 1. The molecule has 8 nitrogen and oxygen atoms in total. The van der Waals surface area contributed by atoms with Crippen LogP contribution in [0.3, 0.4) is 0 Å². The number of aliphatic carboxylic acids is 1. The minimum absolute atomic E-state index is 0.0392. The molecule has 0 amide bonds. The minimum Gasteiger partial charge on any atom is -0.497 e. The van der Waals surface area contributed by atoms with Crippen molar-refractivity contribution in [2.24, 2.45) is 0 Å². The predicted molar refractivity (Wildman–Crippen MR) is 144 cm³/mol. The van der Waals surface area contributed by atoms with Crippen LogP contribution in [-0.2, 0) is 29.4 Å². The first-order valence-electron chi connectivity index (χ1n) is 12.7. The van der Waals surface area contributed by atoms with Crippen molar-refractivity contribution in [2.45, 2.75) is 43.1 Å². The minimum atomic E-state index is -1.08. The SMILES string of the molecule is [B]C1C[C@@H](OC(=O)CCC(=O)O)C(COC(c2ccccc2)(c2ccc(OC)cc2)c2ccc(OC)cc2)O1. The fourth-order valence-electron chi connectivity index (χ4n) is 4.74. The molecule has 1 saturated heterocycles. The van der Waals surface area contributed by atoms with Gasteiger partial charge in [0.05, 0.1) is 33.7 Å². The van der Waals surface area contributed by atoms with E-state index in [1.807, 2.05) is 78.9 Å². The van der Waals surface area contributed by atoms with Gasteiger partial charge in [0.15, 0.2) is 0 Å². The zero-order valence-corrected chi connectivity index (χ0v) is 21.9. The van der Waals surface area contributed by atoms with Crippen LogP contribution >= 0.6 is 0 Å². The summed E-state index contributed by atoms with van der Waals surface area (Å²) in [5.74, 6) is -0.287. The molecular formula is C30H31BO8. The molecule has 2 unspecified atom stereocenters. The average molecular weight is 530 g/mol. The van der Waals surface area contributed by atoms with Gasteiger partial charge in [-0.15, -0.1) is 0 Å². The molecule has 3 aromatic rings. The molecule has 1 aliphatic heterocycles. The molecule has 9 heteroatoms. The number of hydrogen-bond donors (Lipinski definition) is 1. The number of methoxy groups -OCH3 is 2. The van der Waals surface area contributed by atoms with Gasteiger partial charge in [0, 0.05) is 12.4 Å². The number of carboxylic acid groups (broad SMARTS) is 1. The molecule has 0 saturated carbocycles. The molecule has 4 rings (SSSR count). The first-order chi connectivity index (χ1) is 18.8. The van der Waals surface area contributed by atoms with Gasteiger partial charge < -0.3 is 28.8 Å². The third-order valence-corrected chi connectivity index (χ3v) is 6.69. The smallest absolute Gasteiger partial charge is 0.306 e. The van der Waals surface area contributed by atoms with E-state index in [4.69, 9.17) is 36.6 Å². The van der Waals surface area contributed by atoms with E-state index in [2.05, 4.69) is 0 Å². The van der Waals surface area contributed by atoms with Gasteiger partial charge in [0.2, 0.25) is 0 Å². The quantitative estimate of drug-likeness (QED) is 0.213. The Bertz CT molecular complexity index is 1180. The van der Waals surface area contributed by atoms with Gasteiger partial charge in [-0.25, -0.2) is 0 Å². The van der Waals surface area contributed by atoms with E-state index in [0.717, 1.165) is 16.7 Å². The van der Waals surface area contributed by atoms with Crippen molar-refractivity contribution in [3.8, 4) is 11.5 Å². The molecule has 0 bridgehead atoms. The van der Waals surface area contributed by atoms with Gasteiger partial charge in [-0.3, -0.25) is 9.59 Å². The maximum atomic E-state index is 12.3. The molecule has 202 valence electrons. The molecule has 0 aromatic heterocycles. The summed E-state index contributed by atoms with van der Waals surface area (Å²) in [6.07, 6.45) is -1.61. The van der Waals surface area contributed by atoms with E-state index < -0.39 is 35.8 Å².